The van der Waals surface area contributed by atoms with Crippen molar-refractivity contribution in [2.75, 3.05) is 11.1 Å². The summed E-state index contributed by atoms with van der Waals surface area (Å²) in [5.41, 5.74) is 1.06. The van der Waals surface area contributed by atoms with Crippen molar-refractivity contribution in [1.29, 1.82) is 0 Å². The van der Waals surface area contributed by atoms with E-state index < -0.39 is 0 Å². The number of carbonyl (C=O) groups is 2. The van der Waals surface area contributed by atoms with Crippen LogP contribution in [0.15, 0.2) is 34.7 Å². The molecule has 0 spiro atoms. The van der Waals surface area contributed by atoms with Gasteiger partial charge in [-0.1, -0.05) is 67.3 Å². The van der Waals surface area contributed by atoms with Gasteiger partial charge in [0.2, 0.25) is 16.9 Å². The molecule has 0 aliphatic carbocycles. The molecule has 0 fully saturated rings. The third-order valence-electron chi connectivity index (χ3n) is 3.36. The molecule has 0 radical (unpaired) electrons. The van der Waals surface area contributed by atoms with Crippen LogP contribution in [0.2, 0.25) is 0 Å². The normalized spacial score (nSPS) is 11.8. The quantitative estimate of drug-likeness (QED) is 0.556. The fourth-order valence-corrected chi connectivity index (χ4v) is 3.29. The average molecular weight is 364 g/mol. The predicted molar refractivity (Wildman–Crippen MR) is 97.0 cm³/mol. The second-order valence-corrected chi connectivity index (χ2v) is 7.42. The molecule has 0 aliphatic heterocycles. The highest BCUT2D eigenvalue weighted by molar-refractivity contribution is 8.01. The van der Waals surface area contributed by atoms with Gasteiger partial charge in [-0.25, -0.2) is 0 Å². The lowest BCUT2D eigenvalue weighted by molar-refractivity contribution is -0.120. The van der Waals surface area contributed by atoms with Crippen molar-refractivity contribution < 1.29 is 9.59 Å². The molecule has 1 aromatic heterocycles. The van der Waals surface area contributed by atoms with Crippen LogP contribution in [0.4, 0.5) is 5.13 Å². The number of carbonyl (C=O) groups excluding carboxylic acids is 2. The summed E-state index contributed by atoms with van der Waals surface area (Å²) in [6.07, 6.45) is 0.772. The van der Waals surface area contributed by atoms with Gasteiger partial charge in [0.25, 0.3) is 0 Å². The molecule has 1 heterocycles. The molecule has 1 aromatic carbocycles. The first kappa shape index (κ1) is 18.4. The number of amides is 2. The van der Waals surface area contributed by atoms with Crippen molar-refractivity contribution in [2.45, 2.75) is 31.2 Å². The maximum absolute atomic E-state index is 11.9. The zero-order valence-electron chi connectivity index (χ0n) is 13.6. The fourth-order valence-electron chi connectivity index (χ4n) is 1.71. The second kappa shape index (κ2) is 9.39. The van der Waals surface area contributed by atoms with Crippen LogP contribution in [0.3, 0.4) is 0 Å². The van der Waals surface area contributed by atoms with Crippen LogP contribution in [-0.4, -0.2) is 27.8 Å². The number of anilines is 1. The van der Waals surface area contributed by atoms with Gasteiger partial charge in [0, 0.05) is 12.5 Å². The molecule has 6 nitrogen and oxygen atoms in total. The molecule has 24 heavy (non-hydrogen) atoms. The number of hydrogen-bond donors (Lipinski definition) is 2. The van der Waals surface area contributed by atoms with Gasteiger partial charge in [0.1, 0.15) is 0 Å². The Balaban J connectivity index is 1.74. The Kier molecular flexibility index (Phi) is 7.20. The number of hydrogen-bond acceptors (Lipinski definition) is 6. The maximum atomic E-state index is 11.9. The Labute approximate surface area is 149 Å². The first-order valence-corrected chi connectivity index (χ1v) is 9.46. The largest absolute Gasteiger partial charge is 0.351 e. The minimum atomic E-state index is -0.0655. The lowest BCUT2D eigenvalue weighted by Crippen LogP contribution is -2.24. The lowest BCUT2D eigenvalue weighted by atomic mass is 10.1. The molecule has 0 aliphatic rings. The van der Waals surface area contributed by atoms with Gasteiger partial charge in [0.15, 0.2) is 4.34 Å². The first-order chi connectivity index (χ1) is 11.6. The van der Waals surface area contributed by atoms with Gasteiger partial charge in [-0.2, -0.15) is 0 Å². The number of benzene rings is 1. The van der Waals surface area contributed by atoms with Gasteiger partial charge in [0.05, 0.1) is 5.75 Å². The van der Waals surface area contributed by atoms with Crippen molar-refractivity contribution in [2.24, 2.45) is 5.92 Å². The Bertz CT molecular complexity index is 676. The van der Waals surface area contributed by atoms with Crippen LogP contribution in [0.25, 0.3) is 0 Å². The monoisotopic (exact) mass is 364 g/mol. The molecule has 8 heteroatoms. The summed E-state index contributed by atoms with van der Waals surface area (Å²) in [4.78, 5) is 23.7. The first-order valence-electron chi connectivity index (χ1n) is 7.66. The third kappa shape index (κ3) is 5.93. The minimum Gasteiger partial charge on any atom is -0.351 e. The Hall–Kier alpha value is -1.93. The van der Waals surface area contributed by atoms with Crippen LogP contribution in [0, 0.1) is 5.92 Å². The summed E-state index contributed by atoms with van der Waals surface area (Å²) in [6.45, 7) is 4.33. The Morgan fingerprint density at radius 1 is 1.25 bits per heavy atom. The smallest absolute Gasteiger partial charge is 0.230 e. The van der Waals surface area contributed by atoms with Crippen LogP contribution < -0.4 is 10.6 Å². The van der Waals surface area contributed by atoms with E-state index in [0.29, 0.717) is 16.0 Å². The van der Waals surface area contributed by atoms with Crippen molar-refractivity contribution in [3.63, 3.8) is 0 Å². The van der Waals surface area contributed by atoms with E-state index in [1.165, 1.54) is 23.1 Å². The molecule has 1 atom stereocenters. The predicted octanol–water partition coefficient (Wildman–Crippen LogP) is 2.93. The molecule has 0 bridgehead atoms. The fraction of sp³-hybridized carbons (Fsp3) is 0.375. The summed E-state index contributed by atoms with van der Waals surface area (Å²) < 4.78 is 0.657. The Morgan fingerprint density at radius 2 is 2.00 bits per heavy atom. The molecule has 2 N–H and O–H groups in total. The molecular weight excluding hydrogens is 344 g/mol. The number of rotatable bonds is 8. The molecule has 0 saturated carbocycles. The molecular formula is C16H20N4O2S2. The van der Waals surface area contributed by atoms with Crippen molar-refractivity contribution in [3.8, 4) is 0 Å². The summed E-state index contributed by atoms with van der Waals surface area (Å²) >= 11 is 2.58. The number of aromatic nitrogens is 2. The SMILES string of the molecule is CC[C@H](C)C(=O)Nc1nnc(SCC(=O)NCc2ccccc2)s1. The zero-order valence-corrected chi connectivity index (χ0v) is 15.2. The maximum Gasteiger partial charge on any atom is 0.230 e. The van der Waals surface area contributed by atoms with Gasteiger partial charge in [-0.05, 0) is 12.0 Å². The van der Waals surface area contributed by atoms with Crippen LogP contribution in [-0.2, 0) is 16.1 Å². The average Bonchev–Trinajstić information content (AvgIpc) is 3.05. The van der Waals surface area contributed by atoms with Crippen molar-refractivity contribution in [1.82, 2.24) is 15.5 Å². The molecule has 2 rings (SSSR count). The van der Waals surface area contributed by atoms with Gasteiger partial charge >= 0.3 is 0 Å². The van der Waals surface area contributed by atoms with E-state index in [2.05, 4.69) is 20.8 Å². The van der Waals surface area contributed by atoms with Gasteiger partial charge in [-0.3, -0.25) is 9.59 Å². The lowest BCUT2D eigenvalue weighted by Gasteiger charge is -2.06. The third-order valence-corrected chi connectivity index (χ3v) is 5.33. The van der Waals surface area contributed by atoms with E-state index in [4.69, 9.17) is 0 Å². The van der Waals surface area contributed by atoms with Crippen LogP contribution in [0.1, 0.15) is 25.8 Å². The molecule has 2 aromatic rings. The summed E-state index contributed by atoms with van der Waals surface area (Å²) in [6, 6.07) is 9.74. The van der Waals surface area contributed by atoms with E-state index in [0.717, 1.165) is 12.0 Å². The Morgan fingerprint density at radius 3 is 2.71 bits per heavy atom. The number of nitrogens with one attached hydrogen (secondary N) is 2. The topological polar surface area (TPSA) is 84.0 Å². The van der Waals surface area contributed by atoms with E-state index in [9.17, 15) is 9.59 Å². The van der Waals surface area contributed by atoms with Gasteiger partial charge < -0.3 is 10.6 Å². The molecule has 0 unspecified atom stereocenters. The molecule has 128 valence electrons. The molecule has 0 saturated heterocycles. The minimum absolute atomic E-state index is 0.0613. The van der Waals surface area contributed by atoms with Crippen LogP contribution >= 0.6 is 23.1 Å². The number of thioether (sulfide) groups is 1. The summed E-state index contributed by atoms with van der Waals surface area (Å²) in [5.74, 6) is 0.0737. The van der Waals surface area contributed by atoms with Gasteiger partial charge in [-0.15, -0.1) is 10.2 Å². The van der Waals surface area contributed by atoms with E-state index in [-0.39, 0.29) is 23.5 Å². The van der Waals surface area contributed by atoms with Crippen LogP contribution in [0.5, 0.6) is 0 Å². The van der Waals surface area contributed by atoms with Crippen molar-refractivity contribution in [3.05, 3.63) is 35.9 Å². The summed E-state index contributed by atoms with van der Waals surface area (Å²) in [5, 5.41) is 14.0. The highest BCUT2D eigenvalue weighted by atomic mass is 32.2. The van der Waals surface area contributed by atoms with E-state index >= 15 is 0 Å². The van der Waals surface area contributed by atoms with E-state index in [1.54, 1.807) is 0 Å². The number of nitrogens with zero attached hydrogens (tertiary/aromatic N) is 2. The zero-order chi connectivity index (χ0) is 17.4. The molecule has 2 amide bonds. The standard InChI is InChI=1S/C16H20N4O2S2/c1-3-11(2)14(22)18-15-19-20-16(24-15)23-10-13(21)17-9-12-7-5-4-6-8-12/h4-8,11H,3,9-10H2,1-2H3,(H,17,21)(H,18,19,22)/t11-/m0/s1. The van der Waals surface area contributed by atoms with Crippen molar-refractivity contribution >= 4 is 40.0 Å². The van der Waals surface area contributed by atoms with E-state index in [1.807, 2.05) is 44.2 Å². The highest BCUT2D eigenvalue weighted by Gasteiger charge is 2.14. The highest BCUT2D eigenvalue weighted by Crippen LogP contribution is 2.25. The second-order valence-electron chi connectivity index (χ2n) is 5.22. The summed E-state index contributed by atoms with van der Waals surface area (Å²) in [7, 11) is 0.